The standard InChI is InChI=1S/C9H11NO2.C2H6/c1-6(2)8-5-7(9(11)12)3-4-10-8;1-2/h3-6H,1-2H3,(H,11,12);1-2H3. The van der Waals surface area contributed by atoms with Crippen molar-refractivity contribution in [2.24, 2.45) is 0 Å². The molecule has 0 bridgehead atoms. The second-order valence-corrected chi connectivity index (χ2v) is 2.93. The van der Waals surface area contributed by atoms with E-state index >= 15 is 0 Å². The van der Waals surface area contributed by atoms with Crippen molar-refractivity contribution in [3.63, 3.8) is 0 Å². The number of carboxylic acid groups (broad SMARTS) is 1. The Hall–Kier alpha value is -1.38. The van der Waals surface area contributed by atoms with Gasteiger partial charge in [0.25, 0.3) is 0 Å². The molecule has 1 rings (SSSR count). The quantitative estimate of drug-likeness (QED) is 0.789. The average molecular weight is 195 g/mol. The maximum absolute atomic E-state index is 10.5. The zero-order chi connectivity index (χ0) is 11.1. The minimum atomic E-state index is -0.903. The van der Waals surface area contributed by atoms with Gasteiger partial charge in [-0.1, -0.05) is 27.7 Å². The molecule has 1 aromatic heterocycles. The Balaban J connectivity index is 0.000000791. The van der Waals surface area contributed by atoms with E-state index in [-0.39, 0.29) is 5.92 Å². The number of nitrogens with zero attached hydrogens (tertiary/aromatic N) is 1. The van der Waals surface area contributed by atoms with Gasteiger partial charge in [0.2, 0.25) is 0 Å². The highest BCUT2D eigenvalue weighted by molar-refractivity contribution is 5.87. The Morgan fingerprint density at radius 1 is 1.43 bits per heavy atom. The first-order valence-electron chi connectivity index (χ1n) is 4.80. The van der Waals surface area contributed by atoms with Gasteiger partial charge in [-0.3, -0.25) is 4.98 Å². The summed E-state index contributed by atoms with van der Waals surface area (Å²) in [6, 6.07) is 3.10. The van der Waals surface area contributed by atoms with Gasteiger partial charge in [0, 0.05) is 11.9 Å². The molecule has 3 heteroatoms. The molecule has 0 unspecified atom stereocenters. The van der Waals surface area contributed by atoms with E-state index in [4.69, 9.17) is 5.11 Å². The molecular weight excluding hydrogens is 178 g/mol. The van der Waals surface area contributed by atoms with E-state index in [2.05, 4.69) is 4.98 Å². The first-order valence-corrected chi connectivity index (χ1v) is 4.80. The summed E-state index contributed by atoms with van der Waals surface area (Å²) in [4.78, 5) is 14.6. The van der Waals surface area contributed by atoms with Gasteiger partial charge < -0.3 is 5.11 Å². The van der Waals surface area contributed by atoms with E-state index in [0.29, 0.717) is 5.56 Å². The molecule has 78 valence electrons. The molecule has 1 aromatic rings. The Kier molecular flexibility index (Phi) is 5.53. The summed E-state index contributed by atoms with van der Waals surface area (Å²) in [6.45, 7) is 7.96. The second kappa shape index (κ2) is 6.13. The van der Waals surface area contributed by atoms with E-state index in [1.165, 1.54) is 12.3 Å². The van der Waals surface area contributed by atoms with Crippen LogP contribution in [0.5, 0.6) is 0 Å². The van der Waals surface area contributed by atoms with Crippen LogP contribution >= 0.6 is 0 Å². The van der Waals surface area contributed by atoms with E-state index < -0.39 is 5.97 Å². The number of rotatable bonds is 2. The lowest BCUT2D eigenvalue weighted by atomic mass is 10.1. The molecule has 14 heavy (non-hydrogen) atoms. The van der Waals surface area contributed by atoms with Crippen molar-refractivity contribution in [1.82, 2.24) is 4.98 Å². The molecule has 0 fully saturated rings. The lowest BCUT2D eigenvalue weighted by Crippen LogP contribution is -2.00. The normalized spacial score (nSPS) is 9.21. The maximum atomic E-state index is 10.5. The number of hydrogen-bond acceptors (Lipinski definition) is 2. The highest BCUT2D eigenvalue weighted by Gasteiger charge is 2.05. The molecule has 3 nitrogen and oxygen atoms in total. The molecule has 1 heterocycles. The van der Waals surface area contributed by atoms with Crippen LogP contribution in [0.3, 0.4) is 0 Å². The Bertz CT molecular complexity index is 295. The van der Waals surface area contributed by atoms with Crippen LogP contribution in [-0.4, -0.2) is 16.1 Å². The number of aromatic carboxylic acids is 1. The van der Waals surface area contributed by atoms with Crippen LogP contribution in [0.4, 0.5) is 0 Å². The molecule has 0 aliphatic rings. The van der Waals surface area contributed by atoms with Gasteiger partial charge in [-0.05, 0) is 18.1 Å². The van der Waals surface area contributed by atoms with Gasteiger partial charge >= 0.3 is 5.97 Å². The monoisotopic (exact) mass is 195 g/mol. The number of aromatic nitrogens is 1. The number of carbonyl (C=O) groups is 1. The van der Waals surface area contributed by atoms with E-state index in [9.17, 15) is 4.79 Å². The molecular formula is C11H17NO2. The van der Waals surface area contributed by atoms with Crippen molar-refractivity contribution >= 4 is 5.97 Å². The molecule has 0 spiro atoms. The molecule has 0 aliphatic carbocycles. The van der Waals surface area contributed by atoms with Crippen LogP contribution in [0.2, 0.25) is 0 Å². The van der Waals surface area contributed by atoms with Crippen molar-refractivity contribution in [1.29, 1.82) is 0 Å². The van der Waals surface area contributed by atoms with E-state index in [1.807, 2.05) is 27.7 Å². The van der Waals surface area contributed by atoms with Crippen LogP contribution in [-0.2, 0) is 0 Å². The molecule has 0 atom stereocenters. The third-order valence-corrected chi connectivity index (χ3v) is 1.62. The fourth-order valence-electron chi connectivity index (χ4n) is 0.897. The van der Waals surface area contributed by atoms with Crippen molar-refractivity contribution in [2.45, 2.75) is 33.6 Å². The highest BCUT2D eigenvalue weighted by atomic mass is 16.4. The fraction of sp³-hybridized carbons (Fsp3) is 0.455. The van der Waals surface area contributed by atoms with Crippen molar-refractivity contribution in [3.05, 3.63) is 29.6 Å². The summed E-state index contributed by atoms with van der Waals surface area (Å²) in [5.41, 5.74) is 1.11. The lowest BCUT2D eigenvalue weighted by Gasteiger charge is -2.03. The second-order valence-electron chi connectivity index (χ2n) is 2.93. The fourth-order valence-corrected chi connectivity index (χ4v) is 0.897. The van der Waals surface area contributed by atoms with Gasteiger partial charge in [0.05, 0.1) is 5.56 Å². The third kappa shape index (κ3) is 3.56. The molecule has 0 radical (unpaired) electrons. The average Bonchev–Trinajstić information content (AvgIpc) is 2.21. The minimum absolute atomic E-state index is 0.268. The highest BCUT2D eigenvalue weighted by Crippen LogP contribution is 2.12. The van der Waals surface area contributed by atoms with E-state index in [0.717, 1.165) is 5.69 Å². The van der Waals surface area contributed by atoms with Gasteiger partial charge in [0.15, 0.2) is 0 Å². The molecule has 0 amide bonds. The topological polar surface area (TPSA) is 50.2 Å². The van der Waals surface area contributed by atoms with Crippen LogP contribution < -0.4 is 0 Å². The Morgan fingerprint density at radius 3 is 2.43 bits per heavy atom. The largest absolute Gasteiger partial charge is 0.478 e. The van der Waals surface area contributed by atoms with Crippen molar-refractivity contribution in [2.75, 3.05) is 0 Å². The molecule has 0 saturated carbocycles. The third-order valence-electron chi connectivity index (χ3n) is 1.62. The molecule has 0 saturated heterocycles. The predicted molar refractivity (Wildman–Crippen MR) is 56.6 cm³/mol. The number of pyridine rings is 1. The lowest BCUT2D eigenvalue weighted by molar-refractivity contribution is 0.0696. The van der Waals surface area contributed by atoms with Crippen LogP contribution in [0.25, 0.3) is 0 Å². The van der Waals surface area contributed by atoms with Crippen LogP contribution in [0, 0.1) is 0 Å². The maximum Gasteiger partial charge on any atom is 0.335 e. The molecule has 1 N–H and O–H groups in total. The molecule has 0 aliphatic heterocycles. The van der Waals surface area contributed by atoms with Gasteiger partial charge in [0.1, 0.15) is 0 Å². The van der Waals surface area contributed by atoms with Crippen molar-refractivity contribution < 1.29 is 9.90 Å². The Morgan fingerprint density at radius 2 is 2.00 bits per heavy atom. The smallest absolute Gasteiger partial charge is 0.335 e. The van der Waals surface area contributed by atoms with Crippen LogP contribution in [0.1, 0.15) is 49.7 Å². The summed E-state index contributed by atoms with van der Waals surface area (Å²) in [6.07, 6.45) is 1.53. The van der Waals surface area contributed by atoms with Crippen LogP contribution in [0.15, 0.2) is 18.3 Å². The predicted octanol–water partition coefficient (Wildman–Crippen LogP) is 2.93. The number of carboxylic acids is 1. The summed E-state index contributed by atoms with van der Waals surface area (Å²) < 4.78 is 0. The van der Waals surface area contributed by atoms with E-state index in [1.54, 1.807) is 6.07 Å². The van der Waals surface area contributed by atoms with Gasteiger partial charge in [-0.15, -0.1) is 0 Å². The number of hydrogen-bond donors (Lipinski definition) is 1. The molecule has 0 aromatic carbocycles. The zero-order valence-electron chi connectivity index (χ0n) is 9.11. The first kappa shape index (κ1) is 12.6. The van der Waals surface area contributed by atoms with Gasteiger partial charge in [-0.25, -0.2) is 4.79 Å². The Labute approximate surface area is 84.8 Å². The first-order chi connectivity index (χ1) is 6.61. The van der Waals surface area contributed by atoms with Gasteiger partial charge in [-0.2, -0.15) is 0 Å². The SMILES string of the molecule is CC.CC(C)c1cc(C(=O)O)ccn1. The van der Waals surface area contributed by atoms with Crippen molar-refractivity contribution in [3.8, 4) is 0 Å². The summed E-state index contributed by atoms with van der Waals surface area (Å²) >= 11 is 0. The summed E-state index contributed by atoms with van der Waals surface area (Å²) in [5, 5.41) is 8.66. The minimum Gasteiger partial charge on any atom is -0.478 e. The summed E-state index contributed by atoms with van der Waals surface area (Å²) in [7, 11) is 0. The zero-order valence-corrected chi connectivity index (χ0v) is 9.11. The summed E-state index contributed by atoms with van der Waals surface area (Å²) in [5.74, 6) is -0.636.